The van der Waals surface area contributed by atoms with Crippen LogP contribution in [0.15, 0.2) is 60.2 Å². The number of rotatable bonds is 5. The molecule has 0 heterocycles. The molecule has 0 saturated heterocycles. The van der Waals surface area contributed by atoms with Crippen molar-refractivity contribution in [3.8, 4) is 0 Å². The lowest BCUT2D eigenvalue weighted by Crippen LogP contribution is -2.31. The molecule has 134 valence electrons. The fraction of sp³-hybridized carbons (Fsp3) is 0.333. The quantitative estimate of drug-likeness (QED) is 0.545. The second-order valence-corrected chi connectivity index (χ2v) is 13.0. The Morgan fingerprint density at radius 1 is 0.923 bits per heavy atom. The minimum Gasteiger partial charge on any atom is -0.415 e. The molecule has 0 radical (unpaired) electrons. The lowest BCUT2D eigenvalue weighted by molar-refractivity contribution is 0.212. The second-order valence-electron chi connectivity index (χ2n) is 8.58. The molecule has 2 aromatic rings. The third-order valence-electron chi connectivity index (χ3n) is 5.35. The maximum atomic E-state index is 6.36. The van der Waals surface area contributed by atoms with Gasteiger partial charge in [0.05, 0.1) is 0 Å². The Balaban J connectivity index is 1.67. The van der Waals surface area contributed by atoms with Gasteiger partial charge in [-0.2, -0.15) is 0 Å². The summed E-state index contributed by atoms with van der Waals surface area (Å²) in [6, 6.07) is 17.7. The molecule has 0 N–H and O–H groups in total. The summed E-state index contributed by atoms with van der Waals surface area (Å²) in [5.41, 5.74) is 7.19. The van der Waals surface area contributed by atoms with E-state index in [-0.39, 0.29) is 6.10 Å². The van der Waals surface area contributed by atoms with E-state index in [0.717, 1.165) is 6.42 Å². The minimum absolute atomic E-state index is 0.269. The highest BCUT2D eigenvalue weighted by Gasteiger charge is 2.35. The summed E-state index contributed by atoms with van der Waals surface area (Å²) in [6.45, 7) is 9.05. The first-order chi connectivity index (χ1) is 12.4. The Morgan fingerprint density at radius 2 is 1.58 bits per heavy atom. The van der Waals surface area contributed by atoms with E-state index < -0.39 is 8.32 Å². The molecule has 2 aromatic carbocycles. The van der Waals surface area contributed by atoms with Gasteiger partial charge in [0.15, 0.2) is 8.32 Å². The van der Waals surface area contributed by atoms with E-state index in [4.69, 9.17) is 4.43 Å². The van der Waals surface area contributed by atoms with Gasteiger partial charge in [0.2, 0.25) is 0 Å². The Bertz CT molecular complexity index is 872. The third-order valence-corrected chi connectivity index (χ3v) is 6.46. The molecular weight excluding hydrogens is 332 g/mol. The average Bonchev–Trinajstić information content (AvgIpc) is 3.13. The molecule has 0 amide bonds. The minimum atomic E-state index is -1.52. The van der Waals surface area contributed by atoms with Crippen LogP contribution in [0.1, 0.15) is 47.4 Å². The van der Waals surface area contributed by atoms with Crippen molar-refractivity contribution in [2.75, 3.05) is 0 Å². The van der Waals surface area contributed by atoms with Crippen molar-refractivity contribution in [2.45, 2.75) is 50.9 Å². The molecule has 0 aliphatic heterocycles. The van der Waals surface area contributed by atoms with Gasteiger partial charge in [-0.15, -0.1) is 0 Å². The summed E-state index contributed by atoms with van der Waals surface area (Å²) in [5, 5.41) is 0. The maximum Gasteiger partial charge on any atom is 0.184 e. The van der Waals surface area contributed by atoms with Crippen LogP contribution in [-0.2, 0) is 4.43 Å². The average molecular weight is 361 g/mol. The molecule has 26 heavy (non-hydrogen) atoms. The van der Waals surface area contributed by atoms with Crippen molar-refractivity contribution in [3.63, 3.8) is 0 Å². The zero-order valence-electron chi connectivity index (χ0n) is 16.2. The predicted molar refractivity (Wildman–Crippen MR) is 114 cm³/mol. The van der Waals surface area contributed by atoms with Gasteiger partial charge in [-0.3, -0.25) is 0 Å². The van der Waals surface area contributed by atoms with Gasteiger partial charge in [0.1, 0.15) is 0 Å². The Kier molecular flexibility index (Phi) is 4.50. The van der Waals surface area contributed by atoms with E-state index in [1.165, 1.54) is 27.8 Å². The summed E-state index contributed by atoms with van der Waals surface area (Å²) in [6.07, 6.45) is 8.38. The van der Waals surface area contributed by atoms with Crippen molar-refractivity contribution < 1.29 is 4.43 Å². The van der Waals surface area contributed by atoms with E-state index in [0.29, 0.717) is 11.8 Å². The third kappa shape index (κ3) is 3.36. The number of allylic oxidation sites excluding steroid dienone is 1. The molecule has 0 fully saturated rings. The lowest BCUT2D eigenvalue weighted by atomic mass is 9.79. The van der Waals surface area contributed by atoms with Crippen LogP contribution in [0.25, 0.3) is 12.2 Å². The van der Waals surface area contributed by atoms with Gasteiger partial charge in [-0.05, 0) is 55.2 Å². The van der Waals surface area contributed by atoms with E-state index in [1.54, 1.807) is 0 Å². The largest absolute Gasteiger partial charge is 0.415 e. The van der Waals surface area contributed by atoms with Crippen LogP contribution in [0.4, 0.5) is 0 Å². The number of hydrogen-bond donors (Lipinski definition) is 0. The van der Waals surface area contributed by atoms with Gasteiger partial charge >= 0.3 is 0 Å². The van der Waals surface area contributed by atoms with Crippen LogP contribution in [0, 0.1) is 0 Å². The fourth-order valence-corrected chi connectivity index (χ4v) is 5.86. The molecule has 2 aliphatic carbocycles. The zero-order chi connectivity index (χ0) is 18.3. The van der Waals surface area contributed by atoms with Gasteiger partial charge in [0, 0.05) is 17.9 Å². The highest BCUT2D eigenvalue weighted by Crippen LogP contribution is 2.50. The molecule has 0 saturated carbocycles. The number of benzene rings is 2. The smallest absolute Gasteiger partial charge is 0.184 e. The Hall–Kier alpha value is -1.90. The summed E-state index contributed by atoms with van der Waals surface area (Å²) in [5.74, 6) is 0.860. The van der Waals surface area contributed by atoms with Crippen molar-refractivity contribution >= 4 is 20.5 Å². The van der Waals surface area contributed by atoms with Gasteiger partial charge < -0.3 is 4.43 Å². The molecule has 2 aliphatic rings. The SMILES string of the molecule is CC(CC1=Cc2ccccc2C1C1C=Cc2ccccc21)O[Si](C)(C)C. The molecule has 0 bridgehead atoms. The van der Waals surface area contributed by atoms with Crippen molar-refractivity contribution in [1.82, 2.24) is 0 Å². The normalized spacial score (nSPS) is 22.1. The van der Waals surface area contributed by atoms with E-state index in [1.807, 2.05) is 0 Å². The highest BCUT2D eigenvalue weighted by atomic mass is 28.4. The van der Waals surface area contributed by atoms with Crippen molar-refractivity contribution in [1.29, 1.82) is 0 Å². The van der Waals surface area contributed by atoms with Crippen molar-refractivity contribution in [2.24, 2.45) is 0 Å². The van der Waals surface area contributed by atoms with Gasteiger partial charge in [-0.1, -0.05) is 72.3 Å². The molecule has 0 spiro atoms. The second kappa shape index (κ2) is 6.68. The van der Waals surface area contributed by atoms with Gasteiger partial charge in [-0.25, -0.2) is 0 Å². The van der Waals surface area contributed by atoms with Crippen LogP contribution in [-0.4, -0.2) is 14.4 Å². The Labute approximate surface area is 158 Å². The topological polar surface area (TPSA) is 9.23 Å². The summed E-state index contributed by atoms with van der Waals surface area (Å²) in [7, 11) is -1.52. The monoisotopic (exact) mass is 360 g/mol. The summed E-state index contributed by atoms with van der Waals surface area (Å²) in [4.78, 5) is 0. The van der Waals surface area contributed by atoms with Crippen LogP contribution >= 0.6 is 0 Å². The molecular formula is C24H28OSi. The molecule has 1 nitrogen and oxygen atoms in total. The molecule has 3 atom stereocenters. The van der Waals surface area contributed by atoms with E-state index >= 15 is 0 Å². The molecule has 0 aromatic heterocycles. The first-order valence-corrected chi connectivity index (χ1v) is 13.1. The zero-order valence-corrected chi connectivity index (χ0v) is 17.2. The number of fused-ring (bicyclic) bond motifs is 2. The van der Waals surface area contributed by atoms with Crippen LogP contribution in [0.5, 0.6) is 0 Å². The first kappa shape index (κ1) is 17.5. The van der Waals surface area contributed by atoms with Gasteiger partial charge in [0.25, 0.3) is 0 Å². The fourth-order valence-electron chi connectivity index (χ4n) is 4.57. The highest BCUT2D eigenvalue weighted by molar-refractivity contribution is 6.69. The van der Waals surface area contributed by atoms with Crippen LogP contribution in [0.3, 0.4) is 0 Å². The maximum absolute atomic E-state index is 6.36. The first-order valence-electron chi connectivity index (χ1n) is 9.67. The molecule has 3 unspecified atom stereocenters. The van der Waals surface area contributed by atoms with Crippen molar-refractivity contribution in [3.05, 3.63) is 82.4 Å². The van der Waals surface area contributed by atoms with E-state index in [2.05, 4.69) is 93.3 Å². The summed E-state index contributed by atoms with van der Waals surface area (Å²) < 4.78 is 6.36. The van der Waals surface area contributed by atoms with Crippen LogP contribution in [0.2, 0.25) is 19.6 Å². The standard InChI is InChI=1S/C24H28OSi/c1-17(25-26(2,3)4)15-20-16-19-10-6-8-12-22(19)24(20)23-14-13-18-9-5-7-11-21(18)23/h5-14,16-17,23-24H,15H2,1-4H3. The summed E-state index contributed by atoms with van der Waals surface area (Å²) >= 11 is 0. The number of hydrogen-bond acceptors (Lipinski definition) is 1. The predicted octanol–water partition coefficient (Wildman–Crippen LogP) is 6.61. The lowest BCUT2D eigenvalue weighted by Gasteiger charge is -2.28. The molecule has 2 heteroatoms. The Morgan fingerprint density at radius 3 is 2.31 bits per heavy atom. The van der Waals surface area contributed by atoms with Crippen LogP contribution < -0.4 is 0 Å². The molecule has 4 rings (SSSR count). The van der Waals surface area contributed by atoms with E-state index in [9.17, 15) is 0 Å².